The van der Waals surface area contributed by atoms with Crippen LogP contribution in [0, 0.1) is 0 Å². The molecule has 2 heterocycles. The topological polar surface area (TPSA) is 122 Å². The minimum Gasteiger partial charge on any atom is -0.494 e. The molecule has 238 valence electrons. The van der Waals surface area contributed by atoms with Crippen LogP contribution in [0.25, 0.3) is 10.9 Å². The minimum absolute atomic E-state index is 0.0446. The fourth-order valence-electron chi connectivity index (χ4n) is 5.41. The minimum atomic E-state index is -1.26. The van der Waals surface area contributed by atoms with Crippen molar-refractivity contribution < 1.29 is 29.9 Å². The fourth-order valence-corrected chi connectivity index (χ4v) is 5.70. The Morgan fingerprint density at radius 2 is 1.80 bits per heavy atom. The van der Waals surface area contributed by atoms with Crippen molar-refractivity contribution in [2.75, 3.05) is 46.0 Å². The quantitative estimate of drug-likeness (QED) is 0.0856. The van der Waals surface area contributed by atoms with Gasteiger partial charge in [0.15, 0.2) is 0 Å². The maximum Gasteiger partial charge on any atom is 0.260 e. The van der Waals surface area contributed by atoms with Gasteiger partial charge in [0.05, 0.1) is 32.0 Å². The number of rotatable bonds is 16. The average molecular weight is 647 g/mol. The van der Waals surface area contributed by atoms with Gasteiger partial charge in [0.1, 0.15) is 11.5 Å². The maximum absolute atomic E-state index is 11.3. The Balaban J connectivity index is 1.49. The largest absolute Gasteiger partial charge is 0.494 e. The molecule has 3 atom stereocenters. The number of ether oxygens (including phenoxy) is 2. The molecule has 0 radical (unpaired) electrons. The van der Waals surface area contributed by atoms with Gasteiger partial charge in [-0.05, 0) is 79.1 Å². The number of nitrogens with one attached hydrogen (secondary N) is 1. The molecule has 2 aromatic carbocycles. The van der Waals surface area contributed by atoms with Gasteiger partial charge in [-0.3, -0.25) is 4.90 Å². The molecule has 1 aliphatic heterocycles. The first kappa shape index (κ1) is 34.0. The van der Waals surface area contributed by atoms with Crippen LogP contribution in [-0.2, 0) is 11.2 Å². The highest BCUT2D eigenvalue weighted by Crippen LogP contribution is 2.40. The van der Waals surface area contributed by atoms with Gasteiger partial charge in [-0.15, -0.1) is 0 Å². The normalized spacial score (nSPS) is 17.3. The van der Waals surface area contributed by atoms with Crippen molar-refractivity contribution in [2.24, 2.45) is 0 Å². The lowest BCUT2D eigenvalue weighted by molar-refractivity contribution is -0.150. The van der Waals surface area contributed by atoms with Gasteiger partial charge >= 0.3 is 0 Å². The van der Waals surface area contributed by atoms with Gasteiger partial charge in [0.2, 0.25) is 0 Å². The Labute approximate surface area is 268 Å². The lowest BCUT2D eigenvalue weighted by Crippen LogP contribution is -2.46. The van der Waals surface area contributed by atoms with E-state index in [2.05, 4.69) is 11.6 Å². The molecule has 4 rings (SSSR count). The first-order valence-electron chi connectivity index (χ1n) is 14.7. The van der Waals surface area contributed by atoms with Crippen molar-refractivity contribution in [3.63, 3.8) is 0 Å². The van der Waals surface area contributed by atoms with Crippen LogP contribution < -0.4 is 4.74 Å². The van der Waals surface area contributed by atoms with E-state index in [4.69, 9.17) is 32.7 Å². The molecule has 3 unspecified atom stereocenters. The number of allylic oxidation sites excluding steroid dienone is 2. The molecule has 0 spiro atoms. The first-order chi connectivity index (χ1) is 21.2. The van der Waals surface area contributed by atoms with Gasteiger partial charge in [-0.1, -0.05) is 35.9 Å². The van der Waals surface area contributed by atoms with Gasteiger partial charge in [0, 0.05) is 59.2 Å². The predicted molar refractivity (Wildman–Crippen MR) is 174 cm³/mol. The van der Waals surface area contributed by atoms with Gasteiger partial charge in [0.25, 0.3) is 6.41 Å². The molecule has 11 heteroatoms. The van der Waals surface area contributed by atoms with E-state index in [-0.39, 0.29) is 19.8 Å². The molecule has 0 saturated heterocycles. The zero-order valence-electron chi connectivity index (χ0n) is 24.8. The number of fused-ring (bicyclic) bond motifs is 3. The molecular weight excluding hydrogens is 605 g/mol. The zero-order valence-corrected chi connectivity index (χ0v) is 26.3. The third kappa shape index (κ3) is 8.87. The Morgan fingerprint density at radius 1 is 1.09 bits per heavy atom. The number of aromatic amines is 1. The SMILES string of the molecule is C=C(C=CC(=CC)OCCC(O)CN(CCO)CCO)C1c2[nH]c3ccc(Cl)cc3c2CCN1C(O)Oc1ccc(Cl)cc1. The Bertz CT molecular complexity index is 1440. The van der Waals surface area contributed by atoms with Crippen molar-refractivity contribution in [3.8, 4) is 5.75 Å². The number of aromatic nitrogens is 1. The summed E-state index contributed by atoms with van der Waals surface area (Å²) >= 11 is 12.4. The number of aliphatic hydroxyl groups excluding tert-OH is 4. The zero-order chi connectivity index (χ0) is 31.6. The number of hydrogen-bond acceptors (Lipinski definition) is 8. The molecule has 0 saturated carbocycles. The molecule has 9 nitrogen and oxygen atoms in total. The van der Waals surface area contributed by atoms with Crippen LogP contribution in [0.3, 0.4) is 0 Å². The third-order valence-corrected chi connectivity index (χ3v) is 8.07. The van der Waals surface area contributed by atoms with Crippen LogP contribution in [0.15, 0.2) is 78.6 Å². The van der Waals surface area contributed by atoms with Crippen molar-refractivity contribution in [1.29, 1.82) is 0 Å². The molecule has 0 bridgehead atoms. The van der Waals surface area contributed by atoms with Crippen LogP contribution in [0.5, 0.6) is 5.75 Å². The summed E-state index contributed by atoms with van der Waals surface area (Å²) in [4.78, 5) is 7.17. The average Bonchev–Trinajstić information content (AvgIpc) is 3.37. The molecule has 0 aliphatic carbocycles. The summed E-state index contributed by atoms with van der Waals surface area (Å²) in [6, 6.07) is 12.1. The fraction of sp³-hybridized carbons (Fsp3) is 0.394. The molecule has 0 amide bonds. The van der Waals surface area contributed by atoms with E-state index in [1.54, 1.807) is 29.2 Å². The Kier molecular flexibility index (Phi) is 12.7. The summed E-state index contributed by atoms with van der Waals surface area (Å²) in [6.07, 6.45) is 4.62. The number of nitrogens with zero attached hydrogens (tertiary/aromatic N) is 2. The number of H-pyrrole nitrogens is 1. The van der Waals surface area contributed by atoms with Crippen molar-refractivity contribution >= 4 is 34.1 Å². The van der Waals surface area contributed by atoms with Gasteiger partial charge < -0.3 is 34.9 Å². The summed E-state index contributed by atoms with van der Waals surface area (Å²) in [5.41, 5.74) is 3.67. The van der Waals surface area contributed by atoms with Crippen LogP contribution in [-0.4, -0.2) is 93.7 Å². The second-order valence-electron chi connectivity index (χ2n) is 10.6. The monoisotopic (exact) mass is 645 g/mol. The Morgan fingerprint density at radius 3 is 2.48 bits per heavy atom. The number of aliphatic hydroxyl groups is 4. The van der Waals surface area contributed by atoms with E-state index in [0.717, 1.165) is 22.2 Å². The highest BCUT2D eigenvalue weighted by molar-refractivity contribution is 6.31. The van der Waals surface area contributed by atoms with E-state index in [0.29, 0.717) is 66.1 Å². The number of halogens is 2. The lowest BCUT2D eigenvalue weighted by Gasteiger charge is -2.38. The van der Waals surface area contributed by atoms with Crippen molar-refractivity contribution in [3.05, 3.63) is 99.9 Å². The summed E-state index contributed by atoms with van der Waals surface area (Å²) in [6.45, 7) is 8.02. The molecular formula is C33H41Cl2N3O6. The smallest absolute Gasteiger partial charge is 0.260 e. The predicted octanol–water partition coefficient (Wildman–Crippen LogP) is 4.80. The summed E-state index contributed by atoms with van der Waals surface area (Å²) < 4.78 is 11.8. The molecule has 1 aliphatic rings. The van der Waals surface area contributed by atoms with E-state index in [9.17, 15) is 20.4 Å². The standard InChI is InChI=1S/C33H41Cl2N3O6/c1-3-26(43-19-13-25(41)21-37(15-17-39)16-18-40)8-4-22(2)32-31-28(29-20-24(35)7-11-30(29)36-31)12-14-38(32)33(42)44-27-9-5-23(34)6-10-27/h3-11,20,25,32-33,36,39-42H,2,12-19,21H2,1H3. The molecule has 44 heavy (non-hydrogen) atoms. The number of hydrogen-bond donors (Lipinski definition) is 5. The maximum atomic E-state index is 11.3. The van der Waals surface area contributed by atoms with Crippen LogP contribution in [0.4, 0.5) is 0 Å². The van der Waals surface area contributed by atoms with Gasteiger partial charge in [-0.2, -0.15) is 0 Å². The summed E-state index contributed by atoms with van der Waals surface area (Å²) in [5, 5.41) is 42.3. The summed E-state index contributed by atoms with van der Waals surface area (Å²) in [5.74, 6) is 1.09. The van der Waals surface area contributed by atoms with E-state index in [1.807, 2.05) is 48.3 Å². The second kappa shape index (κ2) is 16.5. The molecule has 1 aromatic heterocycles. The van der Waals surface area contributed by atoms with Gasteiger partial charge in [-0.25, -0.2) is 4.90 Å². The van der Waals surface area contributed by atoms with Crippen LogP contribution in [0.2, 0.25) is 10.0 Å². The van der Waals surface area contributed by atoms with E-state index >= 15 is 0 Å². The molecule has 3 aromatic rings. The highest BCUT2D eigenvalue weighted by atomic mass is 35.5. The lowest BCUT2D eigenvalue weighted by atomic mass is 9.93. The van der Waals surface area contributed by atoms with Crippen LogP contribution >= 0.6 is 23.2 Å². The third-order valence-electron chi connectivity index (χ3n) is 7.58. The van der Waals surface area contributed by atoms with E-state index < -0.39 is 18.6 Å². The van der Waals surface area contributed by atoms with Crippen molar-refractivity contribution in [2.45, 2.75) is 38.3 Å². The van der Waals surface area contributed by atoms with Crippen LogP contribution in [0.1, 0.15) is 30.6 Å². The first-order valence-corrected chi connectivity index (χ1v) is 15.4. The summed E-state index contributed by atoms with van der Waals surface area (Å²) in [7, 11) is 0. The highest BCUT2D eigenvalue weighted by Gasteiger charge is 2.36. The molecule has 0 fully saturated rings. The Hall–Kier alpha value is -2.86. The second-order valence-corrected chi connectivity index (χ2v) is 11.5. The van der Waals surface area contributed by atoms with Crippen molar-refractivity contribution in [1.82, 2.24) is 14.8 Å². The molecule has 5 N–H and O–H groups in total. The van der Waals surface area contributed by atoms with E-state index in [1.165, 1.54) is 0 Å². The number of benzene rings is 2.